The molecule has 0 radical (unpaired) electrons. The van der Waals surface area contributed by atoms with Crippen LogP contribution in [0.3, 0.4) is 0 Å². The van der Waals surface area contributed by atoms with E-state index in [1.54, 1.807) is 0 Å². The molecule has 0 saturated heterocycles. The van der Waals surface area contributed by atoms with Crippen molar-refractivity contribution < 1.29 is 13.4 Å². The maximum absolute atomic E-state index is 8.22. The van der Waals surface area contributed by atoms with Crippen LogP contribution in [-0.4, -0.2) is 5.54 Å². The number of benzene rings is 1. The summed E-state index contributed by atoms with van der Waals surface area (Å²) in [6.45, 7) is 8.51. The average molecular weight is 403 g/mol. The molecule has 1 aromatic carbocycles. The SMILES string of the molecule is CC(C)([NH-])C=C(CC(C)(C)C1C=CC=C1)c1ccccc1.[Cl][Cr+][Cl]. The first kappa shape index (κ1) is 21.6. The second-order valence-electron chi connectivity index (χ2n) is 7.28. The summed E-state index contributed by atoms with van der Waals surface area (Å²) in [7, 11) is 9.65. The van der Waals surface area contributed by atoms with Crippen molar-refractivity contribution in [2.75, 3.05) is 0 Å². The number of rotatable bonds is 5. The molecule has 1 nitrogen and oxygen atoms in total. The van der Waals surface area contributed by atoms with Crippen LogP contribution in [0.15, 0.2) is 60.7 Å². The Labute approximate surface area is 161 Å². The van der Waals surface area contributed by atoms with Gasteiger partial charge in [-0.25, -0.2) is 0 Å². The van der Waals surface area contributed by atoms with Gasteiger partial charge >= 0.3 is 33.5 Å². The van der Waals surface area contributed by atoms with Crippen molar-refractivity contribution in [3.63, 3.8) is 0 Å². The number of hydrogen-bond acceptors (Lipinski definition) is 0. The fourth-order valence-electron chi connectivity index (χ4n) is 2.89. The van der Waals surface area contributed by atoms with Crippen molar-refractivity contribution in [3.05, 3.63) is 72.0 Å². The molecule has 0 atom stereocenters. The van der Waals surface area contributed by atoms with Crippen LogP contribution in [0.25, 0.3) is 11.3 Å². The van der Waals surface area contributed by atoms with Crippen molar-refractivity contribution in [2.24, 2.45) is 11.3 Å². The normalized spacial score (nSPS) is 15.2. The molecular weight excluding hydrogens is 377 g/mol. The van der Waals surface area contributed by atoms with E-state index in [0.717, 1.165) is 6.42 Å². The first-order valence-corrected chi connectivity index (χ1v) is 11.5. The minimum absolute atomic E-state index is 0.149. The first-order valence-electron chi connectivity index (χ1n) is 7.96. The Hall–Kier alpha value is -0.488. The Morgan fingerprint density at radius 3 is 2.04 bits per heavy atom. The Morgan fingerprint density at radius 1 is 1.08 bits per heavy atom. The Kier molecular flexibility index (Phi) is 8.85. The topological polar surface area (TPSA) is 23.8 Å². The van der Waals surface area contributed by atoms with Crippen LogP contribution in [-0.2, 0) is 13.4 Å². The van der Waals surface area contributed by atoms with E-state index >= 15 is 0 Å². The van der Waals surface area contributed by atoms with Gasteiger partial charge in [0.1, 0.15) is 0 Å². The zero-order chi connectivity index (χ0) is 18.2. The van der Waals surface area contributed by atoms with Gasteiger partial charge in [0, 0.05) is 5.92 Å². The van der Waals surface area contributed by atoms with Crippen LogP contribution in [0.4, 0.5) is 0 Å². The summed E-state index contributed by atoms with van der Waals surface area (Å²) < 4.78 is 0. The maximum atomic E-state index is 8.22. The molecule has 0 aliphatic heterocycles. The third-order valence-corrected chi connectivity index (χ3v) is 3.98. The van der Waals surface area contributed by atoms with Crippen molar-refractivity contribution in [1.82, 2.24) is 0 Å². The quantitative estimate of drug-likeness (QED) is 0.488. The molecule has 0 spiro atoms. The molecule has 1 aliphatic carbocycles. The van der Waals surface area contributed by atoms with Crippen LogP contribution >= 0.6 is 20.1 Å². The van der Waals surface area contributed by atoms with E-state index in [4.69, 9.17) is 25.8 Å². The number of halogens is 2. The van der Waals surface area contributed by atoms with E-state index in [0.29, 0.717) is 5.92 Å². The predicted octanol–water partition coefficient (Wildman–Crippen LogP) is 7.44. The molecule has 0 heterocycles. The predicted molar refractivity (Wildman–Crippen MR) is 105 cm³/mol. The summed E-state index contributed by atoms with van der Waals surface area (Å²) in [5, 5.41) is 0. The third-order valence-electron chi connectivity index (χ3n) is 3.98. The third kappa shape index (κ3) is 7.60. The van der Waals surface area contributed by atoms with Gasteiger partial charge in [0.05, 0.1) is 0 Å². The fourth-order valence-corrected chi connectivity index (χ4v) is 2.89. The van der Waals surface area contributed by atoms with Crippen LogP contribution in [0.2, 0.25) is 0 Å². The van der Waals surface area contributed by atoms with Crippen molar-refractivity contribution in [2.45, 2.75) is 39.7 Å². The summed E-state index contributed by atoms with van der Waals surface area (Å²) in [4.78, 5) is 0. The molecule has 0 unspecified atom stereocenters. The van der Waals surface area contributed by atoms with E-state index < -0.39 is 5.54 Å². The van der Waals surface area contributed by atoms with Gasteiger partial charge < -0.3 is 5.73 Å². The molecule has 24 heavy (non-hydrogen) atoms. The second kappa shape index (κ2) is 9.86. The molecule has 1 N–H and O–H groups in total. The number of nitrogens with one attached hydrogen (secondary N) is 1. The van der Waals surface area contributed by atoms with Crippen LogP contribution in [0.1, 0.15) is 39.7 Å². The Bertz CT molecular complexity index is 571. The monoisotopic (exact) mass is 402 g/mol. The van der Waals surface area contributed by atoms with E-state index in [9.17, 15) is 0 Å². The van der Waals surface area contributed by atoms with Crippen LogP contribution in [0, 0.1) is 11.3 Å². The van der Waals surface area contributed by atoms with Crippen LogP contribution < -0.4 is 0 Å². The molecule has 0 saturated carbocycles. The van der Waals surface area contributed by atoms with Crippen molar-refractivity contribution >= 4 is 25.7 Å². The van der Waals surface area contributed by atoms with Gasteiger partial charge in [-0.15, -0.1) is 5.54 Å². The molecule has 0 amide bonds. The molecule has 131 valence electrons. The van der Waals surface area contributed by atoms with E-state index in [2.05, 4.69) is 68.5 Å². The molecule has 0 fully saturated rings. The molecule has 2 rings (SSSR count). The molecule has 1 aliphatic rings. The van der Waals surface area contributed by atoms with E-state index in [1.165, 1.54) is 11.1 Å². The van der Waals surface area contributed by atoms with Gasteiger partial charge in [0.2, 0.25) is 0 Å². The zero-order valence-electron chi connectivity index (χ0n) is 14.7. The van der Waals surface area contributed by atoms with Crippen LogP contribution in [0.5, 0.6) is 0 Å². The minimum atomic E-state index is -0.553. The van der Waals surface area contributed by atoms with E-state index in [-0.39, 0.29) is 18.8 Å². The summed E-state index contributed by atoms with van der Waals surface area (Å²) in [6, 6.07) is 10.5. The first-order chi connectivity index (χ1) is 11.2. The summed E-state index contributed by atoms with van der Waals surface area (Å²) in [5.41, 5.74) is 10.3. The van der Waals surface area contributed by atoms with E-state index in [1.807, 2.05) is 19.9 Å². The molecule has 0 aromatic heterocycles. The molecular formula is C20H26Cl2CrN. The van der Waals surface area contributed by atoms with Gasteiger partial charge in [-0.1, -0.05) is 88.4 Å². The number of allylic oxidation sites excluding steroid dienone is 5. The van der Waals surface area contributed by atoms with Gasteiger partial charge in [0.25, 0.3) is 0 Å². The molecule has 0 bridgehead atoms. The fraction of sp³-hybridized carbons (Fsp3) is 0.400. The Morgan fingerprint density at radius 2 is 1.58 bits per heavy atom. The van der Waals surface area contributed by atoms with Crippen molar-refractivity contribution in [3.8, 4) is 0 Å². The zero-order valence-corrected chi connectivity index (χ0v) is 17.5. The summed E-state index contributed by atoms with van der Waals surface area (Å²) in [6.07, 6.45) is 11.9. The van der Waals surface area contributed by atoms with Gasteiger partial charge in [0.15, 0.2) is 0 Å². The van der Waals surface area contributed by atoms with Gasteiger partial charge in [-0.3, -0.25) is 0 Å². The molecule has 4 heteroatoms. The van der Waals surface area contributed by atoms with Gasteiger partial charge in [-0.2, -0.15) is 0 Å². The second-order valence-corrected chi connectivity index (χ2v) is 9.38. The summed E-state index contributed by atoms with van der Waals surface area (Å²) in [5.74, 6) is 0.471. The Balaban J connectivity index is 0.000000891. The summed E-state index contributed by atoms with van der Waals surface area (Å²) >= 11 is -0.181. The van der Waals surface area contributed by atoms with Crippen molar-refractivity contribution in [1.29, 1.82) is 0 Å². The average Bonchev–Trinajstić information content (AvgIpc) is 3.02. The standard InChI is InChI=1S/C20H26N.2ClH.Cr/c1-19(2,18-12-8-9-13-18)14-17(15-20(3,4)21)16-10-6-5-7-11-16;;;/h5-13,15,18,21H,14H2,1-4H3;2*1H;/q-1;;;+3/p-2. The molecule has 1 aromatic rings. The van der Waals surface area contributed by atoms with Gasteiger partial charge in [-0.05, 0) is 23.0 Å². The number of hydrogen-bond donors (Lipinski definition) is 0.